The van der Waals surface area contributed by atoms with Gasteiger partial charge in [-0.15, -0.1) is 23.3 Å². The predicted molar refractivity (Wildman–Crippen MR) is 48.7 cm³/mol. The van der Waals surface area contributed by atoms with Gasteiger partial charge in [0.15, 0.2) is 5.79 Å². The number of benzene rings is 1. The summed E-state index contributed by atoms with van der Waals surface area (Å²) in [6.07, 6.45) is -0.847. The molecule has 0 radical (unpaired) electrons. The average Bonchev–Trinajstić information content (AvgIpc) is 2.27. The molecule has 5 N–H and O–H groups in total. The van der Waals surface area contributed by atoms with Gasteiger partial charge in [0.2, 0.25) is 5.79 Å². The Morgan fingerprint density at radius 3 is 2.19 bits per heavy atom. The number of hydrogen-bond acceptors (Lipinski definition) is 5. The first kappa shape index (κ1) is 14.0. The molecule has 0 aromatic heterocycles. The molecule has 86 valence electrons. The van der Waals surface area contributed by atoms with E-state index in [9.17, 15) is 25.5 Å². The number of aliphatic hydroxyl groups is 5. The molecule has 2 rings (SSSR count). The van der Waals surface area contributed by atoms with Crippen molar-refractivity contribution < 1.29 is 56.6 Å². The summed E-state index contributed by atoms with van der Waals surface area (Å²) in [6, 6.07) is 4.46. The van der Waals surface area contributed by atoms with Crippen LogP contribution in [0.3, 0.4) is 0 Å². The first-order chi connectivity index (χ1) is 6.80. The predicted octanol–water partition coefficient (Wildman–Crippen LogP) is -0.920. The second-order valence-corrected chi connectivity index (χ2v) is 3.69. The van der Waals surface area contributed by atoms with Crippen molar-refractivity contribution in [3.8, 4) is 0 Å². The standard InChI is InChI=1S/C10H11O5.U/c1-5-3-2-4-6-7(5)8(11)10(14,15)9(6,12)13;/h2-4,11-15H,1H3;/q-1;. The van der Waals surface area contributed by atoms with Gasteiger partial charge in [-0.25, -0.2) is 0 Å². The summed E-state index contributed by atoms with van der Waals surface area (Å²) >= 11 is 0. The normalized spacial score (nSPS) is 20.2. The average molecular weight is 449 g/mol. The Bertz CT molecular complexity index is 416. The summed E-state index contributed by atoms with van der Waals surface area (Å²) in [5.41, 5.74) is 0.472. The van der Waals surface area contributed by atoms with Crippen LogP contribution in [0.15, 0.2) is 18.2 Å². The molecule has 0 atom stereocenters. The fourth-order valence-electron chi connectivity index (χ4n) is 1.80. The maximum absolute atomic E-state index is 9.54. The maximum Gasteiger partial charge on any atom is 0.211 e. The van der Waals surface area contributed by atoms with E-state index < -0.39 is 17.7 Å². The molecule has 0 spiro atoms. The van der Waals surface area contributed by atoms with E-state index in [1.807, 2.05) is 0 Å². The van der Waals surface area contributed by atoms with Gasteiger partial charge in [-0.3, -0.25) is 0 Å². The van der Waals surface area contributed by atoms with Gasteiger partial charge in [0.25, 0.3) is 0 Å². The van der Waals surface area contributed by atoms with E-state index in [4.69, 9.17) is 0 Å². The first-order valence-electron chi connectivity index (χ1n) is 4.36. The molecule has 0 saturated heterocycles. The van der Waals surface area contributed by atoms with E-state index in [0.717, 1.165) is 0 Å². The smallest absolute Gasteiger partial charge is 0.211 e. The van der Waals surface area contributed by atoms with Crippen LogP contribution in [-0.2, 0) is 5.79 Å². The van der Waals surface area contributed by atoms with Crippen molar-refractivity contribution in [1.82, 2.24) is 0 Å². The van der Waals surface area contributed by atoms with Crippen LogP contribution in [0.25, 0.3) is 0 Å². The quantitative estimate of drug-likeness (QED) is 0.261. The molecule has 1 aromatic rings. The number of aryl methyl sites for hydroxylation is 1. The molecule has 0 amide bonds. The molecular formula is C10H11O5U-. The fraction of sp³-hybridized carbons (Fsp3) is 0.300. The number of hydrogen-bond donors (Lipinski definition) is 5. The largest absolute Gasteiger partial charge is 0.420 e. The Kier molecular flexibility index (Phi) is 3.50. The SMILES string of the molecule is Cc1cccc2c1[C-](O)C(O)(O)C2(O)O.[U]. The van der Waals surface area contributed by atoms with E-state index in [-0.39, 0.29) is 42.2 Å². The second kappa shape index (κ2) is 4.00. The third-order valence-electron chi connectivity index (χ3n) is 2.70. The van der Waals surface area contributed by atoms with Crippen molar-refractivity contribution in [2.24, 2.45) is 0 Å². The van der Waals surface area contributed by atoms with Crippen molar-refractivity contribution in [3.63, 3.8) is 0 Å². The molecule has 1 aliphatic rings. The van der Waals surface area contributed by atoms with E-state index in [0.29, 0.717) is 5.56 Å². The zero-order valence-electron chi connectivity index (χ0n) is 8.47. The Balaban J connectivity index is 0.00000128. The molecule has 5 nitrogen and oxygen atoms in total. The maximum atomic E-state index is 9.54. The molecular weight excluding hydrogens is 438 g/mol. The summed E-state index contributed by atoms with van der Waals surface area (Å²) in [7, 11) is 0. The molecule has 0 fully saturated rings. The molecule has 6 heteroatoms. The summed E-state index contributed by atoms with van der Waals surface area (Å²) in [6.45, 7) is 1.62. The summed E-state index contributed by atoms with van der Waals surface area (Å²) in [4.78, 5) is 0. The Labute approximate surface area is 116 Å². The van der Waals surface area contributed by atoms with Gasteiger partial charge in [-0.05, 0) is 0 Å². The molecule has 0 bridgehead atoms. The number of rotatable bonds is 0. The van der Waals surface area contributed by atoms with Crippen molar-refractivity contribution >= 4 is 0 Å². The van der Waals surface area contributed by atoms with Gasteiger partial charge in [-0.1, -0.05) is 18.6 Å². The molecule has 0 saturated carbocycles. The van der Waals surface area contributed by atoms with Crippen LogP contribution in [0, 0.1) is 44.1 Å². The zero-order valence-corrected chi connectivity index (χ0v) is 12.6. The molecule has 16 heavy (non-hydrogen) atoms. The fourth-order valence-corrected chi connectivity index (χ4v) is 1.80. The van der Waals surface area contributed by atoms with Gasteiger partial charge in [0.05, 0.1) is 0 Å². The van der Waals surface area contributed by atoms with Crippen molar-refractivity contribution in [2.45, 2.75) is 18.5 Å². The first-order valence-corrected chi connectivity index (χ1v) is 4.36. The molecule has 0 unspecified atom stereocenters. The summed E-state index contributed by atoms with van der Waals surface area (Å²) in [5, 5.41) is 47.4. The molecule has 1 aliphatic carbocycles. The zero-order chi connectivity index (χ0) is 11.4. The van der Waals surface area contributed by atoms with E-state index in [2.05, 4.69) is 0 Å². The summed E-state index contributed by atoms with van der Waals surface area (Å²) < 4.78 is 0. The van der Waals surface area contributed by atoms with Crippen LogP contribution in [0.4, 0.5) is 0 Å². The Morgan fingerprint density at radius 2 is 1.69 bits per heavy atom. The topological polar surface area (TPSA) is 101 Å². The van der Waals surface area contributed by atoms with Crippen molar-refractivity contribution in [3.05, 3.63) is 41.0 Å². The van der Waals surface area contributed by atoms with E-state index in [1.54, 1.807) is 13.0 Å². The number of fused-ring (bicyclic) bond motifs is 1. The van der Waals surface area contributed by atoms with Crippen LogP contribution in [0.5, 0.6) is 0 Å². The molecule has 0 heterocycles. The van der Waals surface area contributed by atoms with Crippen LogP contribution >= 0.6 is 0 Å². The Morgan fingerprint density at radius 1 is 1.12 bits per heavy atom. The number of aliphatic hydroxyl groups excluding tert-OH is 1. The minimum Gasteiger partial charge on any atom is -0.420 e. The van der Waals surface area contributed by atoms with Gasteiger partial charge in [0.1, 0.15) is 0 Å². The third-order valence-corrected chi connectivity index (χ3v) is 2.70. The van der Waals surface area contributed by atoms with Gasteiger partial charge in [-0.2, -0.15) is 0 Å². The van der Waals surface area contributed by atoms with Gasteiger partial charge >= 0.3 is 0 Å². The monoisotopic (exact) mass is 449 g/mol. The second-order valence-electron chi connectivity index (χ2n) is 3.69. The van der Waals surface area contributed by atoms with Crippen molar-refractivity contribution in [1.29, 1.82) is 0 Å². The van der Waals surface area contributed by atoms with Crippen LogP contribution in [0.2, 0.25) is 0 Å². The molecule has 0 aliphatic heterocycles. The third kappa shape index (κ3) is 1.54. The van der Waals surface area contributed by atoms with Crippen LogP contribution in [-0.4, -0.2) is 31.3 Å². The van der Waals surface area contributed by atoms with Crippen LogP contribution in [0.1, 0.15) is 16.7 Å². The summed E-state index contributed by atoms with van der Waals surface area (Å²) in [5.74, 6) is -5.96. The van der Waals surface area contributed by atoms with Crippen molar-refractivity contribution in [2.75, 3.05) is 0 Å². The molecule has 1 aromatic carbocycles. The van der Waals surface area contributed by atoms with E-state index >= 15 is 0 Å². The van der Waals surface area contributed by atoms with Gasteiger partial charge < -0.3 is 25.5 Å². The Hall–Kier alpha value is -0.0581. The van der Waals surface area contributed by atoms with E-state index in [1.165, 1.54) is 12.1 Å². The van der Waals surface area contributed by atoms with Gasteiger partial charge in [0, 0.05) is 37.2 Å². The minimum atomic E-state index is -3.07. The minimum absolute atomic E-state index is 0. The van der Waals surface area contributed by atoms with Crippen LogP contribution < -0.4 is 0 Å².